The standard InChI is InChI=1S/C55H40N2/c1-55(2)50-25-10-9-24-48(50)49-35-44(30-31-51(49)55)40-28-26-39(27-29-40)42-19-12-22-46(33-42)53-36-52(45-21-11-18-41(32-45)37-14-5-3-6-15-37)56-54(57-53)47-23-13-20-43(34-47)38-16-7-4-8-17-38/h3-36H,1-2H3. The van der Waals surface area contributed by atoms with Gasteiger partial charge in [-0.15, -0.1) is 0 Å². The Hall–Kier alpha value is -7.16. The van der Waals surface area contributed by atoms with Gasteiger partial charge in [0.2, 0.25) is 0 Å². The SMILES string of the molecule is CC1(C)c2ccccc2-c2cc(-c3ccc(-c4cccc(-c5cc(-c6cccc(-c7ccccc7)c6)nc(-c6cccc(-c7ccccc7)c6)n5)c4)cc3)ccc21. The summed E-state index contributed by atoms with van der Waals surface area (Å²) in [4.78, 5) is 10.5. The Bertz CT molecular complexity index is 2810. The average molecular weight is 729 g/mol. The number of aromatic nitrogens is 2. The fourth-order valence-corrected chi connectivity index (χ4v) is 8.44. The summed E-state index contributed by atoms with van der Waals surface area (Å²) in [5.74, 6) is 0.695. The van der Waals surface area contributed by atoms with Crippen molar-refractivity contribution in [3.63, 3.8) is 0 Å². The van der Waals surface area contributed by atoms with E-state index in [2.05, 4.69) is 214 Å². The number of nitrogens with zero attached hydrogens (tertiary/aromatic N) is 2. The van der Waals surface area contributed by atoms with Gasteiger partial charge < -0.3 is 0 Å². The predicted molar refractivity (Wildman–Crippen MR) is 238 cm³/mol. The second-order valence-corrected chi connectivity index (χ2v) is 15.4. The van der Waals surface area contributed by atoms with Gasteiger partial charge >= 0.3 is 0 Å². The highest BCUT2D eigenvalue weighted by Crippen LogP contribution is 2.49. The molecule has 2 heteroatoms. The van der Waals surface area contributed by atoms with Crippen LogP contribution in [0.25, 0.3) is 89.5 Å². The van der Waals surface area contributed by atoms with Crippen molar-refractivity contribution in [3.05, 3.63) is 217 Å². The van der Waals surface area contributed by atoms with Gasteiger partial charge in [0.25, 0.3) is 0 Å². The van der Waals surface area contributed by atoms with Crippen molar-refractivity contribution in [2.75, 3.05) is 0 Å². The van der Waals surface area contributed by atoms with Crippen LogP contribution in [0.2, 0.25) is 0 Å². The zero-order valence-electron chi connectivity index (χ0n) is 32.0. The maximum atomic E-state index is 5.25. The molecule has 1 aliphatic carbocycles. The lowest BCUT2D eigenvalue weighted by molar-refractivity contribution is 0.660. The maximum Gasteiger partial charge on any atom is 0.160 e. The summed E-state index contributed by atoms with van der Waals surface area (Å²) in [7, 11) is 0. The molecule has 0 amide bonds. The topological polar surface area (TPSA) is 25.8 Å². The first-order valence-electron chi connectivity index (χ1n) is 19.6. The zero-order chi connectivity index (χ0) is 38.3. The van der Waals surface area contributed by atoms with Crippen LogP contribution in [0.4, 0.5) is 0 Å². The summed E-state index contributed by atoms with van der Waals surface area (Å²) < 4.78 is 0. The van der Waals surface area contributed by atoms with E-state index in [1.165, 1.54) is 38.9 Å². The van der Waals surface area contributed by atoms with E-state index in [-0.39, 0.29) is 5.41 Å². The molecule has 8 aromatic carbocycles. The second-order valence-electron chi connectivity index (χ2n) is 15.4. The minimum absolute atomic E-state index is 0.00291. The monoisotopic (exact) mass is 728 g/mol. The summed E-state index contributed by atoms with van der Waals surface area (Å²) in [6.45, 7) is 4.66. The first-order chi connectivity index (χ1) is 28.0. The smallest absolute Gasteiger partial charge is 0.160 e. The number of hydrogen-bond donors (Lipinski definition) is 0. The quantitative estimate of drug-likeness (QED) is 0.163. The molecule has 0 spiro atoms. The minimum Gasteiger partial charge on any atom is -0.228 e. The van der Waals surface area contributed by atoms with Crippen LogP contribution in [0.3, 0.4) is 0 Å². The van der Waals surface area contributed by atoms with Crippen LogP contribution in [-0.4, -0.2) is 9.97 Å². The molecule has 1 aromatic heterocycles. The largest absolute Gasteiger partial charge is 0.228 e. The highest BCUT2D eigenvalue weighted by Gasteiger charge is 2.35. The highest BCUT2D eigenvalue weighted by atomic mass is 14.9. The van der Waals surface area contributed by atoms with Gasteiger partial charge in [-0.05, 0) is 97.1 Å². The van der Waals surface area contributed by atoms with Crippen molar-refractivity contribution in [1.29, 1.82) is 0 Å². The van der Waals surface area contributed by atoms with E-state index in [1.807, 2.05) is 6.07 Å². The molecule has 1 aliphatic rings. The Kier molecular flexibility index (Phi) is 8.53. The van der Waals surface area contributed by atoms with Crippen LogP contribution < -0.4 is 0 Å². The van der Waals surface area contributed by atoms with E-state index in [0.29, 0.717) is 5.82 Å². The van der Waals surface area contributed by atoms with E-state index in [9.17, 15) is 0 Å². The predicted octanol–water partition coefficient (Wildman–Crippen LogP) is 14.5. The fourth-order valence-electron chi connectivity index (χ4n) is 8.44. The van der Waals surface area contributed by atoms with Crippen LogP contribution in [0.5, 0.6) is 0 Å². The molecule has 0 saturated heterocycles. The van der Waals surface area contributed by atoms with Crippen LogP contribution in [0.1, 0.15) is 25.0 Å². The number of rotatable bonds is 7. The van der Waals surface area contributed by atoms with Crippen LogP contribution in [0.15, 0.2) is 206 Å². The molecule has 0 saturated carbocycles. The van der Waals surface area contributed by atoms with Gasteiger partial charge in [-0.25, -0.2) is 9.97 Å². The van der Waals surface area contributed by atoms with Gasteiger partial charge in [0.15, 0.2) is 5.82 Å². The molecule has 10 rings (SSSR count). The molecule has 0 N–H and O–H groups in total. The van der Waals surface area contributed by atoms with E-state index >= 15 is 0 Å². The first kappa shape index (κ1) is 34.3. The number of hydrogen-bond acceptors (Lipinski definition) is 2. The summed E-state index contributed by atoms with van der Waals surface area (Å²) >= 11 is 0. The molecule has 0 fully saturated rings. The number of benzene rings is 8. The molecule has 9 aromatic rings. The molecule has 2 nitrogen and oxygen atoms in total. The summed E-state index contributed by atoms with van der Waals surface area (Å²) in [5.41, 5.74) is 19.7. The summed E-state index contributed by atoms with van der Waals surface area (Å²) in [5, 5.41) is 0. The minimum atomic E-state index is 0.00291. The van der Waals surface area contributed by atoms with Crippen molar-refractivity contribution in [1.82, 2.24) is 9.97 Å². The van der Waals surface area contributed by atoms with Gasteiger partial charge in [-0.3, -0.25) is 0 Å². The van der Waals surface area contributed by atoms with Crippen molar-refractivity contribution in [2.24, 2.45) is 0 Å². The third kappa shape index (κ3) is 6.46. The molecule has 270 valence electrons. The van der Waals surface area contributed by atoms with E-state index in [0.717, 1.165) is 55.9 Å². The summed E-state index contributed by atoms with van der Waals surface area (Å²) in [6.07, 6.45) is 0. The van der Waals surface area contributed by atoms with Gasteiger partial charge in [-0.2, -0.15) is 0 Å². The molecular weight excluding hydrogens is 689 g/mol. The normalized spacial score (nSPS) is 12.5. The molecule has 0 unspecified atom stereocenters. The Labute approximate surface area is 334 Å². The van der Waals surface area contributed by atoms with Crippen molar-refractivity contribution in [2.45, 2.75) is 19.3 Å². The second kappa shape index (κ2) is 14.2. The summed E-state index contributed by atoms with van der Waals surface area (Å²) in [6, 6.07) is 73.8. The van der Waals surface area contributed by atoms with Gasteiger partial charge in [0.05, 0.1) is 11.4 Å². The van der Waals surface area contributed by atoms with E-state index in [1.54, 1.807) is 0 Å². The lowest BCUT2D eigenvalue weighted by Crippen LogP contribution is -2.14. The Morgan fingerprint density at radius 3 is 1.23 bits per heavy atom. The Balaban J connectivity index is 1.02. The third-order valence-corrected chi connectivity index (χ3v) is 11.5. The van der Waals surface area contributed by atoms with Gasteiger partial charge in [0.1, 0.15) is 0 Å². The Morgan fingerprint density at radius 1 is 0.281 bits per heavy atom. The Morgan fingerprint density at radius 2 is 0.667 bits per heavy atom. The number of fused-ring (bicyclic) bond motifs is 3. The molecule has 57 heavy (non-hydrogen) atoms. The molecular formula is C55H40N2. The zero-order valence-corrected chi connectivity index (χ0v) is 32.0. The average Bonchev–Trinajstić information content (AvgIpc) is 3.52. The molecule has 0 radical (unpaired) electrons. The lowest BCUT2D eigenvalue weighted by atomic mass is 9.82. The van der Waals surface area contributed by atoms with E-state index in [4.69, 9.17) is 9.97 Å². The molecule has 0 aliphatic heterocycles. The van der Waals surface area contributed by atoms with Crippen molar-refractivity contribution < 1.29 is 0 Å². The van der Waals surface area contributed by atoms with Gasteiger partial charge in [-0.1, -0.05) is 190 Å². The van der Waals surface area contributed by atoms with Crippen LogP contribution in [0, 0.1) is 0 Å². The molecule has 0 bridgehead atoms. The molecule has 1 heterocycles. The van der Waals surface area contributed by atoms with Gasteiger partial charge in [0, 0.05) is 22.1 Å². The third-order valence-electron chi connectivity index (χ3n) is 11.5. The maximum absolute atomic E-state index is 5.25. The van der Waals surface area contributed by atoms with Crippen LogP contribution >= 0.6 is 0 Å². The lowest BCUT2D eigenvalue weighted by Gasteiger charge is -2.21. The van der Waals surface area contributed by atoms with Crippen molar-refractivity contribution in [3.8, 4) is 89.5 Å². The highest BCUT2D eigenvalue weighted by molar-refractivity contribution is 5.85. The van der Waals surface area contributed by atoms with E-state index < -0.39 is 0 Å². The molecule has 0 atom stereocenters. The fraction of sp³-hybridized carbons (Fsp3) is 0.0545. The van der Waals surface area contributed by atoms with Crippen molar-refractivity contribution >= 4 is 0 Å². The first-order valence-corrected chi connectivity index (χ1v) is 19.6. The van der Waals surface area contributed by atoms with Crippen LogP contribution in [-0.2, 0) is 5.41 Å².